The molecule has 0 aliphatic heterocycles. The maximum atomic E-state index is 13.6. The smallest absolute Gasteiger partial charge is 0.237 e. The summed E-state index contributed by atoms with van der Waals surface area (Å²) in [5.41, 5.74) is 0.414. The summed E-state index contributed by atoms with van der Waals surface area (Å²) in [4.78, 5) is 12.3. The molecule has 0 aliphatic carbocycles. The Morgan fingerprint density at radius 2 is 2.00 bits per heavy atom. The molecule has 0 fully saturated rings. The van der Waals surface area contributed by atoms with Crippen LogP contribution in [0.3, 0.4) is 0 Å². The number of carbonyl (C=O) groups is 1. The normalized spacial score (nSPS) is 11.9. The molecule has 1 amide bonds. The predicted octanol–water partition coefficient (Wildman–Crippen LogP) is 4.75. The minimum Gasteiger partial charge on any atom is -0.495 e. The fourth-order valence-corrected chi connectivity index (χ4v) is 2.90. The lowest BCUT2D eigenvalue weighted by Gasteiger charge is -2.14. The number of methoxy groups -OCH3 is 1. The zero-order chi connectivity index (χ0) is 17.0. The second-order valence-electron chi connectivity index (χ2n) is 4.67. The molecule has 0 bridgehead atoms. The molecular formula is C16H14ClF2NO2S. The zero-order valence-corrected chi connectivity index (χ0v) is 14.0. The maximum absolute atomic E-state index is 13.6. The van der Waals surface area contributed by atoms with E-state index in [1.165, 1.54) is 7.11 Å². The molecule has 0 unspecified atom stereocenters. The van der Waals surface area contributed by atoms with Gasteiger partial charge in [-0.1, -0.05) is 11.6 Å². The average Bonchev–Trinajstić information content (AvgIpc) is 2.51. The molecule has 0 saturated heterocycles. The number of thioether (sulfide) groups is 1. The second kappa shape index (κ2) is 7.66. The maximum Gasteiger partial charge on any atom is 0.237 e. The second-order valence-corrected chi connectivity index (χ2v) is 6.49. The number of anilines is 1. The van der Waals surface area contributed by atoms with E-state index in [-0.39, 0.29) is 10.8 Å². The topological polar surface area (TPSA) is 38.3 Å². The molecule has 3 nitrogen and oxygen atoms in total. The van der Waals surface area contributed by atoms with Gasteiger partial charge in [0.1, 0.15) is 17.4 Å². The molecule has 122 valence electrons. The van der Waals surface area contributed by atoms with Crippen LogP contribution in [0.1, 0.15) is 6.92 Å². The van der Waals surface area contributed by atoms with E-state index in [2.05, 4.69) is 5.32 Å². The SMILES string of the molecule is COc1ccc(Cl)cc1NC(=O)[C@H](C)Sc1cc(F)ccc1F. The van der Waals surface area contributed by atoms with Gasteiger partial charge in [-0.3, -0.25) is 4.79 Å². The number of amides is 1. The van der Waals surface area contributed by atoms with Crippen LogP contribution in [0.2, 0.25) is 5.02 Å². The van der Waals surface area contributed by atoms with Crippen LogP contribution >= 0.6 is 23.4 Å². The summed E-state index contributed by atoms with van der Waals surface area (Å²) in [6, 6.07) is 7.93. The van der Waals surface area contributed by atoms with Crippen molar-refractivity contribution < 1.29 is 18.3 Å². The van der Waals surface area contributed by atoms with E-state index in [0.29, 0.717) is 16.5 Å². The van der Waals surface area contributed by atoms with Gasteiger partial charge in [-0.05, 0) is 43.3 Å². The molecule has 0 aromatic heterocycles. The molecular weight excluding hydrogens is 344 g/mol. The van der Waals surface area contributed by atoms with Crippen molar-refractivity contribution in [2.24, 2.45) is 0 Å². The van der Waals surface area contributed by atoms with Gasteiger partial charge in [0.05, 0.1) is 18.0 Å². The van der Waals surface area contributed by atoms with Crippen LogP contribution in [0.4, 0.5) is 14.5 Å². The van der Waals surface area contributed by atoms with E-state index < -0.39 is 16.9 Å². The minimum atomic E-state index is -0.644. The van der Waals surface area contributed by atoms with E-state index >= 15 is 0 Å². The quantitative estimate of drug-likeness (QED) is 0.785. The van der Waals surface area contributed by atoms with Crippen molar-refractivity contribution in [1.29, 1.82) is 0 Å². The van der Waals surface area contributed by atoms with Gasteiger partial charge in [-0.25, -0.2) is 8.78 Å². The monoisotopic (exact) mass is 357 g/mol. The first kappa shape index (κ1) is 17.6. The molecule has 7 heteroatoms. The Hall–Kier alpha value is -1.79. The number of benzene rings is 2. The van der Waals surface area contributed by atoms with Gasteiger partial charge in [0.15, 0.2) is 0 Å². The molecule has 2 rings (SSSR count). The van der Waals surface area contributed by atoms with Gasteiger partial charge < -0.3 is 10.1 Å². The molecule has 23 heavy (non-hydrogen) atoms. The van der Waals surface area contributed by atoms with Gasteiger partial charge >= 0.3 is 0 Å². The van der Waals surface area contributed by atoms with Crippen LogP contribution in [0.25, 0.3) is 0 Å². The third-order valence-corrected chi connectivity index (χ3v) is 4.36. The van der Waals surface area contributed by atoms with Gasteiger partial charge in [0, 0.05) is 9.92 Å². The summed E-state index contributed by atoms with van der Waals surface area (Å²) in [6.45, 7) is 1.60. The molecule has 2 aromatic carbocycles. The van der Waals surface area contributed by atoms with Crippen molar-refractivity contribution in [2.45, 2.75) is 17.1 Å². The van der Waals surface area contributed by atoms with E-state index in [0.717, 1.165) is 30.0 Å². The summed E-state index contributed by atoms with van der Waals surface area (Å²) in [7, 11) is 1.47. The van der Waals surface area contributed by atoms with Crippen LogP contribution in [-0.4, -0.2) is 18.3 Å². The van der Waals surface area contributed by atoms with Crippen molar-refractivity contribution in [3.05, 3.63) is 53.1 Å². The van der Waals surface area contributed by atoms with Gasteiger partial charge in [0.2, 0.25) is 5.91 Å². The van der Waals surface area contributed by atoms with Crippen LogP contribution in [-0.2, 0) is 4.79 Å². The number of hydrogen-bond donors (Lipinski definition) is 1. The fourth-order valence-electron chi connectivity index (χ4n) is 1.82. The van der Waals surface area contributed by atoms with Crippen LogP contribution in [0.15, 0.2) is 41.3 Å². The van der Waals surface area contributed by atoms with Crippen LogP contribution < -0.4 is 10.1 Å². The molecule has 0 aliphatic rings. The number of carbonyl (C=O) groups excluding carboxylic acids is 1. The number of halogens is 3. The Balaban J connectivity index is 2.11. The van der Waals surface area contributed by atoms with Crippen molar-refractivity contribution in [1.82, 2.24) is 0 Å². The Morgan fingerprint density at radius 1 is 1.26 bits per heavy atom. The number of hydrogen-bond acceptors (Lipinski definition) is 3. The highest BCUT2D eigenvalue weighted by molar-refractivity contribution is 8.00. The highest BCUT2D eigenvalue weighted by Gasteiger charge is 2.18. The van der Waals surface area contributed by atoms with Crippen molar-refractivity contribution in [2.75, 3.05) is 12.4 Å². The summed E-state index contributed by atoms with van der Waals surface area (Å²) >= 11 is 6.83. The molecule has 1 N–H and O–H groups in total. The Labute approximate surface area is 142 Å². The third kappa shape index (κ3) is 4.59. The first-order chi connectivity index (χ1) is 10.9. The van der Waals surface area contributed by atoms with Crippen LogP contribution in [0, 0.1) is 11.6 Å². The number of ether oxygens (including phenoxy) is 1. The van der Waals surface area contributed by atoms with Crippen LogP contribution in [0.5, 0.6) is 5.75 Å². The van der Waals surface area contributed by atoms with Crippen molar-refractivity contribution in [3.63, 3.8) is 0 Å². The summed E-state index contributed by atoms with van der Waals surface area (Å²) in [6.07, 6.45) is 0. The van der Waals surface area contributed by atoms with Gasteiger partial charge in [0.25, 0.3) is 0 Å². The summed E-state index contributed by atoms with van der Waals surface area (Å²) in [5, 5.41) is 2.47. The molecule has 2 aromatic rings. The largest absolute Gasteiger partial charge is 0.495 e. The molecule has 0 spiro atoms. The summed E-state index contributed by atoms with van der Waals surface area (Å²) in [5.74, 6) is -1.05. The predicted molar refractivity (Wildman–Crippen MR) is 88.3 cm³/mol. The lowest BCUT2D eigenvalue weighted by molar-refractivity contribution is -0.115. The number of nitrogens with one attached hydrogen (secondary N) is 1. The average molecular weight is 358 g/mol. The van der Waals surface area contributed by atoms with E-state index in [1.54, 1.807) is 25.1 Å². The van der Waals surface area contributed by atoms with E-state index in [9.17, 15) is 13.6 Å². The lowest BCUT2D eigenvalue weighted by Crippen LogP contribution is -2.22. The first-order valence-corrected chi connectivity index (χ1v) is 7.92. The van der Waals surface area contributed by atoms with E-state index in [1.807, 2.05) is 0 Å². The lowest BCUT2D eigenvalue weighted by atomic mass is 10.3. The standard InChI is InChI=1S/C16H14ClF2NO2S/c1-9(23-15-8-11(18)4-5-12(15)19)16(21)20-13-7-10(17)3-6-14(13)22-2/h3-9H,1-2H3,(H,20,21)/t9-/m0/s1. The Kier molecular flexibility index (Phi) is 5.85. The fraction of sp³-hybridized carbons (Fsp3) is 0.188. The van der Waals surface area contributed by atoms with Gasteiger partial charge in [-0.2, -0.15) is 0 Å². The Bertz CT molecular complexity index is 727. The molecule has 0 saturated carbocycles. The van der Waals surface area contributed by atoms with Crippen molar-refractivity contribution in [3.8, 4) is 5.75 Å². The molecule has 0 heterocycles. The highest BCUT2D eigenvalue weighted by Crippen LogP contribution is 2.30. The highest BCUT2D eigenvalue weighted by atomic mass is 35.5. The Morgan fingerprint density at radius 3 is 2.70 bits per heavy atom. The van der Waals surface area contributed by atoms with Gasteiger partial charge in [-0.15, -0.1) is 11.8 Å². The number of rotatable bonds is 5. The third-order valence-electron chi connectivity index (χ3n) is 2.99. The molecule has 1 atom stereocenters. The first-order valence-electron chi connectivity index (χ1n) is 6.67. The zero-order valence-electron chi connectivity index (χ0n) is 12.4. The van der Waals surface area contributed by atoms with E-state index in [4.69, 9.17) is 16.3 Å². The molecule has 0 radical (unpaired) electrons. The summed E-state index contributed by atoms with van der Waals surface area (Å²) < 4.78 is 32.0. The van der Waals surface area contributed by atoms with Crippen molar-refractivity contribution >= 4 is 35.0 Å². The minimum absolute atomic E-state index is 0.0747.